The Morgan fingerprint density at radius 3 is 2.50 bits per heavy atom. The van der Waals surface area contributed by atoms with E-state index in [0.717, 1.165) is 39.3 Å². The zero-order valence-corrected chi connectivity index (χ0v) is 16.9. The molecule has 0 saturated carbocycles. The van der Waals surface area contributed by atoms with Crippen LogP contribution in [0.2, 0.25) is 0 Å². The summed E-state index contributed by atoms with van der Waals surface area (Å²) in [4.78, 5) is 35.4. The third kappa shape index (κ3) is 4.69. The van der Waals surface area contributed by atoms with Gasteiger partial charge in [-0.15, -0.1) is 0 Å². The van der Waals surface area contributed by atoms with Crippen molar-refractivity contribution in [3.8, 4) is 5.75 Å². The molecule has 1 fully saturated rings. The molecule has 0 spiro atoms. The molecule has 1 aliphatic rings. The van der Waals surface area contributed by atoms with Gasteiger partial charge in [-0.2, -0.15) is 0 Å². The fourth-order valence-corrected chi connectivity index (χ4v) is 3.66. The van der Waals surface area contributed by atoms with Gasteiger partial charge in [0, 0.05) is 5.69 Å². The number of rotatable bonds is 5. The number of anilines is 1. The third-order valence-corrected chi connectivity index (χ3v) is 5.29. The molecule has 7 heteroatoms. The predicted octanol–water partition coefficient (Wildman–Crippen LogP) is 4.49. The molecular weight excluding hydrogens is 400 g/mol. The number of imide groups is 1. The van der Waals surface area contributed by atoms with Crippen molar-refractivity contribution in [1.29, 1.82) is 0 Å². The topological polar surface area (TPSA) is 84.5 Å². The zero-order chi connectivity index (χ0) is 21.1. The summed E-state index contributed by atoms with van der Waals surface area (Å²) in [7, 11) is 0. The second-order valence-electron chi connectivity index (χ2n) is 6.82. The lowest BCUT2D eigenvalue weighted by molar-refractivity contribution is -0.118. The molecule has 3 aromatic rings. The summed E-state index contributed by atoms with van der Waals surface area (Å²) >= 11 is 0.890. The number of amides is 3. The first-order chi connectivity index (χ1) is 14.5. The van der Waals surface area contributed by atoms with E-state index in [1.165, 1.54) is 0 Å². The van der Waals surface area contributed by atoms with E-state index >= 15 is 0 Å². The maximum absolute atomic E-state index is 12.1. The number of fused-ring (bicyclic) bond motifs is 1. The van der Waals surface area contributed by atoms with Crippen molar-refractivity contribution in [1.82, 2.24) is 5.32 Å². The van der Waals surface area contributed by atoms with Gasteiger partial charge in [0.25, 0.3) is 17.1 Å². The van der Waals surface area contributed by atoms with Gasteiger partial charge in [-0.05, 0) is 71.4 Å². The highest BCUT2D eigenvalue weighted by Crippen LogP contribution is 2.28. The summed E-state index contributed by atoms with van der Waals surface area (Å²) in [5.74, 6) is -0.0236. The molecule has 150 valence electrons. The molecule has 3 amide bonds. The Morgan fingerprint density at radius 1 is 1.03 bits per heavy atom. The van der Waals surface area contributed by atoms with Gasteiger partial charge in [-0.1, -0.05) is 35.9 Å². The van der Waals surface area contributed by atoms with Gasteiger partial charge in [0.1, 0.15) is 5.75 Å². The molecule has 0 aromatic heterocycles. The Balaban J connectivity index is 1.41. The summed E-state index contributed by atoms with van der Waals surface area (Å²) < 4.78 is 5.62. The van der Waals surface area contributed by atoms with E-state index in [9.17, 15) is 14.4 Å². The first-order valence-electron chi connectivity index (χ1n) is 9.24. The SMILES string of the molecule is Cc1ccc(NC(=O)COc2ccc3cc(/C=C4/SC(=O)NC4=O)ccc3c2)cc1. The van der Waals surface area contributed by atoms with Crippen LogP contribution in [0, 0.1) is 6.92 Å². The zero-order valence-electron chi connectivity index (χ0n) is 16.1. The van der Waals surface area contributed by atoms with Crippen LogP contribution in [0.4, 0.5) is 10.5 Å². The molecule has 30 heavy (non-hydrogen) atoms. The summed E-state index contributed by atoms with van der Waals surface area (Å²) in [6.07, 6.45) is 1.68. The quantitative estimate of drug-likeness (QED) is 0.597. The molecule has 1 aliphatic heterocycles. The van der Waals surface area contributed by atoms with Crippen LogP contribution in [0.5, 0.6) is 5.75 Å². The monoisotopic (exact) mass is 418 g/mol. The van der Waals surface area contributed by atoms with E-state index in [-0.39, 0.29) is 23.7 Å². The minimum Gasteiger partial charge on any atom is -0.484 e. The molecule has 0 unspecified atom stereocenters. The molecule has 1 heterocycles. The van der Waals surface area contributed by atoms with Crippen molar-refractivity contribution in [3.05, 3.63) is 76.7 Å². The van der Waals surface area contributed by atoms with Gasteiger partial charge in [0.05, 0.1) is 4.91 Å². The second-order valence-corrected chi connectivity index (χ2v) is 7.84. The number of hydrogen-bond donors (Lipinski definition) is 2. The number of carbonyl (C=O) groups excluding carboxylic acids is 3. The van der Waals surface area contributed by atoms with Gasteiger partial charge < -0.3 is 10.1 Å². The lowest BCUT2D eigenvalue weighted by Gasteiger charge is -2.09. The summed E-state index contributed by atoms with van der Waals surface area (Å²) in [5, 5.41) is 6.57. The Kier molecular flexibility index (Phi) is 5.54. The third-order valence-electron chi connectivity index (χ3n) is 4.48. The highest BCUT2D eigenvalue weighted by molar-refractivity contribution is 8.18. The fraction of sp³-hybridized carbons (Fsp3) is 0.0870. The first kappa shape index (κ1) is 19.7. The summed E-state index contributed by atoms with van der Waals surface area (Å²) in [5.41, 5.74) is 2.67. The van der Waals surface area contributed by atoms with Crippen LogP contribution in [-0.2, 0) is 9.59 Å². The van der Waals surface area contributed by atoms with E-state index < -0.39 is 0 Å². The Hall–Kier alpha value is -3.58. The first-order valence-corrected chi connectivity index (χ1v) is 10.1. The van der Waals surface area contributed by atoms with Gasteiger partial charge in [-0.25, -0.2) is 0 Å². The van der Waals surface area contributed by atoms with E-state index in [1.807, 2.05) is 61.5 Å². The second kappa shape index (κ2) is 8.42. The van der Waals surface area contributed by atoms with Crippen LogP contribution in [0.3, 0.4) is 0 Å². The highest BCUT2D eigenvalue weighted by atomic mass is 32.2. The standard InChI is InChI=1S/C23H18N2O4S/c1-14-2-7-18(8-3-14)24-21(26)13-29-19-9-6-16-10-15(4-5-17(16)12-19)11-20-22(27)25-23(28)30-20/h2-12H,13H2,1H3,(H,24,26)(H,25,27,28)/b20-11+. The van der Waals surface area contributed by atoms with Crippen LogP contribution in [0.1, 0.15) is 11.1 Å². The maximum Gasteiger partial charge on any atom is 0.290 e. The van der Waals surface area contributed by atoms with Crippen LogP contribution >= 0.6 is 11.8 Å². The van der Waals surface area contributed by atoms with Crippen molar-refractivity contribution in [2.75, 3.05) is 11.9 Å². The minimum atomic E-state index is -0.377. The van der Waals surface area contributed by atoms with Crippen molar-refractivity contribution >= 4 is 51.4 Å². The van der Waals surface area contributed by atoms with Gasteiger partial charge >= 0.3 is 0 Å². The molecule has 1 saturated heterocycles. The highest BCUT2D eigenvalue weighted by Gasteiger charge is 2.24. The number of nitrogens with one attached hydrogen (secondary N) is 2. The lowest BCUT2D eigenvalue weighted by atomic mass is 10.1. The number of aryl methyl sites for hydroxylation is 1. The number of ether oxygens (including phenoxy) is 1. The Bertz CT molecular complexity index is 1190. The molecule has 3 aromatic carbocycles. The largest absolute Gasteiger partial charge is 0.484 e. The van der Waals surface area contributed by atoms with E-state index in [0.29, 0.717) is 10.7 Å². The van der Waals surface area contributed by atoms with Gasteiger partial charge in [0.15, 0.2) is 6.61 Å². The van der Waals surface area contributed by atoms with Crippen molar-refractivity contribution in [2.45, 2.75) is 6.92 Å². The number of benzene rings is 3. The normalized spacial score (nSPS) is 14.8. The molecule has 0 bridgehead atoms. The summed E-state index contributed by atoms with van der Waals surface area (Å²) in [6, 6.07) is 18.8. The van der Waals surface area contributed by atoms with E-state index in [1.54, 1.807) is 12.1 Å². The van der Waals surface area contributed by atoms with Crippen LogP contribution in [-0.4, -0.2) is 23.7 Å². The van der Waals surface area contributed by atoms with Crippen molar-refractivity contribution in [3.63, 3.8) is 0 Å². The maximum atomic E-state index is 12.1. The predicted molar refractivity (Wildman–Crippen MR) is 118 cm³/mol. The number of thioether (sulfide) groups is 1. The Morgan fingerprint density at radius 2 is 1.77 bits per heavy atom. The van der Waals surface area contributed by atoms with Gasteiger partial charge in [-0.3, -0.25) is 19.7 Å². The molecular formula is C23H18N2O4S. The number of carbonyl (C=O) groups is 3. The van der Waals surface area contributed by atoms with Crippen LogP contribution < -0.4 is 15.4 Å². The molecule has 2 N–H and O–H groups in total. The lowest BCUT2D eigenvalue weighted by Crippen LogP contribution is -2.20. The smallest absolute Gasteiger partial charge is 0.290 e. The van der Waals surface area contributed by atoms with E-state index in [2.05, 4.69) is 10.6 Å². The van der Waals surface area contributed by atoms with E-state index in [4.69, 9.17) is 4.74 Å². The molecule has 4 rings (SSSR count). The average molecular weight is 418 g/mol. The van der Waals surface area contributed by atoms with Gasteiger partial charge in [0.2, 0.25) is 0 Å². The molecule has 0 atom stereocenters. The number of hydrogen-bond acceptors (Lipinski definition) is 5. The molecule has 0 aliphatic carbocycles. The molecule has 6 nitrogen and oxygen atoms in total. The van der Waals surface area contributed by atoms with Crippen molar-refractivity contribution < 1.29 is 19.1 Å². The Labute approximate surface area is 177 Å². The van der Waals surface area contributed by atoms with Crippen LogP contribution in [0.25, 0.3) is 16.8 Å². The summed E-state index contributed by atoms with van der Waals surface area (Å²) in [6.45, 7) is 1.89. The minimum absolute atomic E-state index is 0.0933. The molecule has 0 radical (unpaired) electrons. The fourth-order valence-electron chi connectivity index (χ4n) is 2.98. The van der Waals surface area contributed by atoms with Crippen LogP contribution in [0.15, 0.2) is 65.6 Å². The van der Waals surface area contributed by atoms with Crippen molar-refractivity contribution in [2.24, 2.45) is 0 Å². The average Bonchev–Trinajstić information content (AvgIpc) is 3.04.